The maximum absolute atomic E-state index is 13.1. The van der Waals surface area contributed by atoms with Crippen LogP contribution in [0.2, 0.25) is 0 Å². The average molecular weight is 473 g/mol. The molecule has 176 valence electrons. The molecule has 0 aliphatic heterocycles. The van der Waals surface area contributed by atoms with Gasteiger partial charge in [0.25, 0.3) is 11.8 Å². The van der Waals surface area contributed by atoms with Gasteiger partial charge in [-0.2, -0.15) is 18.3 Å². The van der Waals surface area contributed by atoms with Gasteiger partial charge in [0.1, 0.15) is 17.7 Å². The molecular formula is C21H18F3N7O3. The van der Waals surface area contributed by atoms with Gasteiger partial charge in [-0.05, 0) is 31.5 Å². The third-order valence-corrected chi connectivity index (χ3v) is 5.09. The van der Waals surface area contributed by atoms with Crippen LogP contribution in [0.1, 0.15) is 50.8 Å². The number of nitrogens with one attached hydrogen (secondary N) is 2. The number of aryl methyl sites for hydroxylation is 2. The molecule has 0 aliphatic carbocycles. The molecule has 10 nitrogen and oxygen atoms in total. The normalized spacial score (nSPS) is 12.5. The molecule has 0 spiro atoms. The van der Waals surface area contributed by atoms with Crippen molar-refractivity contribution in [3.8, 4) is 0 Å². The largest absolute Gasteiger partial charge is 0.416 e. The number of carbonyl (C=O) groups is 2. The Labute approximate surface area is 190 Å². The zero-order valence-electron chi connectivity index (χ0n) is 18.1. The van der Waals surface area contributed by atoms with E-state index < -0.39 is 29.6 Å². The van der Waals surface area contributed by atoms with Crippen LogP contribution in [0.15, 0.2) is 41.3 Å². The highest BCUT2D eigenvalue weighted by atomic mass is 19.4. The zero-order chi connectivity index (χ0) is 24.6. The van der Waals surface area contributed by atoms with Gasteiger partial charge in [-0.15, -0.1) is 0 Å². The number of rotatable bonds is 5. The van der Waals surface area contributed by atoms with Gasteiger partial charge in [-0.3, -0.25) is 14.3 Å². The van der Waals surface area contributed by atoms with E-state index in [0.717, 1.165) is 6.07 Å². The summed E-state index contributed by atoms with van der Waals surface area (Å²) in [5, 5.41) is 13.4. The van der Waals surface area contributed by atoms with Gasteiger partial charge < -0.3 is 15.2 Å². The summed E-state index contributed by atoms with van der Waals surface area (Å²) in [7, 11) is 1.68. The number of carbonyl (C=O) groups excluding carboxylic acids is 2. The fraction of sp³-hybridized carbons (Fsp3) is 0.238. The van der Waals surface area contributed by atoms with E-state index in [9.17, 15) is 22.8 Å². The molecule has 3 aromatic heterocycles. The van der Waals surface area contributed by atoms with Gasteiger partial charge in [-0.1, -0.05) is 11.2 Å². The highest BCUT2D eigenvalue weighted by Crippen LogP contribution is 2.33. The quantitative estimate of drug-likeness (QED) is 0.455. The van der Waals surface area contributed by atoms with Crippen molar-refractivity contribution in [3.05, 3.63) is 65.1 Å². The lowest BCUT2D eigenvalue weighted by molar-refractivity contribution is -0.138. The van der Waals surface area contributed by atoms with Crippen LogP contribution in [0, 0.1) is 6.92 Å². The molecule has 0 fully saturated rings. The summed E-state index contributed by atoms with van der Waals surface area (Å²) < 4.78 is 45.9. The second-order valence-corrected chi connectivity index (χ2v) is 7.52. The number of hydrogen-bond acceptors (Lipinski definition) is 7. The van der Waals surface area contributed by atoms with Crippen LogP contribution in [-0.2, 0) is 13.2 Å². The number of aromatic nitrogens is 5. The van der Waals surface area contributed by atoms with Gasteiger partial charge >= 0.3 is 6.18 Å². The van der Waals surface area contributed by atoms with Crippen molar-refractivity contribution in [2.24, 2.45) is 7.05 Å². The molecule has 0 unspecified atom stereocenters. The van der Waals surface area contributed by atoms with Crippen LogP contribution in [0.3, 0.4) is 0 Å². The second kappa shape index (κ2) is 8.57. The number of nitrogens with zero attached hydrogens (tertiary/aromatic N) is 5. The fourth-order valence-corrected chi connectivity index (χ4v) is 3.28. The van der Waals surface area contributed by atoms with Crippen molar-refractivity contribution in [3.63, 3.8) is 0 Å². The lowest BCUT2D eigenvalue weighted by Gasteiger charge is -2.12. The lowest BCUT2D eigenvalue weighted by Crippen LogP contribution is -2.28. The smallest absolute Gasteiger partial charge is 0.351 e. The standard InChI is InChI=1S/C21H18F3N7O3/c1-10-4-5-12(6-14(10)21(22,23)24)29-19(32)16-7-15(30-34-16)11(2)28-20(33)17-13-8-27-31(3)18(13)26-9-25-17/h4-9,11H,1-3H3,(H,28,33)(H,29,32)/t11-/m0/s1. The Balaban J connectivity index is 1.46. The van der Waals surface area contributed by atoms with E-state index in [4.69, 9.17) is 4.52 Å². The summed E-state index contributed by atoms with van der Waals surface area (Å²) >= 11 is 0. The number of amides is 2. The van der Waals surface area contributed by atoms with Gasteiger partial charge in [0.2, 0.25) is 5.76 Å². The highest BCUT2D eigenvalue weighted by Gasteiger charge is 2.32. The molecule has 2 N–H and O–H groups in total. The summed E-state index contributed by atoms with van der Waals surface area (Å²) in [6.45, 7) is 2.95. The highest BCUT2D eigenvalue weighted by molar-refractivity contribution is 6.04. The Morgan fingerprint density at radius 1 is 1.15 bits per heavy atom. The Morgan fingerprint density at radius 3 is 2.65 bits per heavy atom. The summed E-state index contributed by atoms with van der Waals surface area (Å²) in [6, 6.07) is 4.07. The first-order chi connectivity index (χ1) is 16.0. The maximum Gasteiger partial charge on any atom is 0.416 e. The fourth-order valence-electron chi connectivity index (χ4n) is 3.28. The summed E-state index contributed by atoms with van der Waals surface area (Å²) in [5.41, 5.74) is -0.0396. The molecule has 13 heteroatoms. The monoisotopic (exact) mass is 473 g/mol. The summed E-state index contributed by atoms with van der Waals surface area (Å²) in [4.78, 5) is 33.2. The first-order valence-corrected chi connectivity index (χ1v) is 9.94. The molecule has 0 saturated heterocycles. The van der Waals surface area contributed by atoms with E-state index in [-0.39, 0.29) is 28.4 Å². The minimum Gasteiger partial charge on any atom is -0.351 e. The van der Waals surface area contributed by atoms with E-state index in [1.807, 2.05) is 0 Å². The molecule has 2 amide bonds. The summed E-state index contributed by atoms with van der Waals surface area (Å²) in [5.74, 6) is -1.54. The molecule has 3 heterocycles. The zero-order valence-corrected chi connectivity index (χ0v) is 18.1. The van der Waals surface area contributed by atoms with E-state index in [2.05, 4.69) is 30.9 Å². The van der Waals surface area contributed by atoms with Crippen LogP contribution < -0.4 is 10.6 Å². The molecule has 4 aromatic rings. The van der Waals surface area contributed by atoms with E-state index in [1.165, 1.54) is 42.3 Å². The molecule has 1 aromatic carbocycles. The average Bonchev–Trinajstić information content (AvgIpc) is 3.42. The van der Waals surface area contributed by atoms with Crippen LogP contribution >= 0.6 is 0 Å². The van der Waals surface area contributed by atoms with Crippen LogP contribution in [0.25, 0.3) is 11.0 Å². The maximum atomic E-state index is 13.1. The molecule has 0 saturated carbocycles. The number of anilines is 1. The van der Waals surface area contributed by atoms with Gasteiger partial charge in [0.15, 0.2) is 5.65 Å². The predicted octanol–water partition coefficient (Wildman–Crippen LogP) is 3.42. The van der Waals surface area contributed by atoms with Crippen molar-refractivity contribution in [1.82, 2.24) is 30.2 Å². The SMILES string of the molecule is Cc1ccc(NC(=O)c2cc([C@H](C)NC(=O)c3ncnc4c3cnn4C)no2)cc1C(F)(F)F. The second-order valence-electron chi connectivity index (χ2n) is 7.52. The lowest BCUT2D eigenvalue weighted by atomic mass is 10.1. The van der Waals surface area contributed by atoms with Crippen LogP contribution in [-0.4, -0.2) is 36.7 Å². The number of fused-ring (bicyclic) bond motifs is 1. The van der Waals surface area contributed by atoms with Crippen molar-refractivity contribution in [1.29, 1.82) is 0 Å². The number of hydrogen-bond donors (Lipinski definition) is 2. The molecule has 0 aliphatic rings. The first kappa shape index (κ1) is 22.9. The Kier molecular flexibility index (Phi) is 5.77. The Hall–Kier alpha value is -4.29. The van der Waals surface area contributed by atoms with Gasteiger partial charge in [-0.25, -0.2) is 9.97 Å². The number of alkyl halides is 3. The minimum absolute atomic E-state index is 0.0317. The van der Waals surface area contributed by atoms with E-state index >= 15 is 0 Å². The van der Waals surface area contributed by atoms with Crippen molar-refractivity contribution >= 4 is 28.5 Å². The molecule has 1 atom stereocenters. The summed E-state index contributed by atoms with van der Waals surface area (Å²) in [6.07, 6.45) is -1.83. The molecular weight excluding hydrogens is 455 g/mol. The number of halogens is 3. The Morgan fingerprint density at radius 2 is 1.91 bits per heavy atom. The third-order valence-electron chi connectivity index (χ3n) is 5.09. The Bertz CT molecular complexity index is 1390. The van der Waals surface area contributed by atoms with Gasteiger partial charge in [0, 0.05) is 18.8 Å². The van der Waals surface area contributed by atoms with E-state index in [1.54, 1.807) is 14.0 Å². The van der Waals surface area contributed by atoms with E-state index in [0.29, 0.717) is 11.0 Å². The van der Waals surface area contributed by atoms with Crippen molar-refractivity contribution in [2.75, 3.05) is 5.32 Å². The third kappa shape index (κ3) is 4.44. The predicted molar refractivity (Wildman–Crippen MR) is 113 cm³/mol. The molecule has 4 rings (SSSR count). The molecule has 0 bridgehead atoms. The van der Waals surface area contributed by atoms with Crippen LogP contribution in [0.4, 0.5) is 18.9 Å². The molecule has 34 heavy (non-hydrogen) atoms. The number of benzene rings is 1. The first-order valence-electron chi connectivity index (χ1n) is 9.94. The van der Waals surface area contributed by atoms with Gasteiger partial charge in [0.05, 0.1) is 23.2 Å². The molecule has 0 radical (unpaired) electrons. The van der Waals surface area contributed by atoms with Crippen molar-refractivity contribution in [2.45, 2.75) is 26.1 Å². The van der Waals surface area contributed by atoms with Crippen molar-refractivity contribution < 1.29 is 27.3 Å². The minimum atomic E-state index is -4.55. The topological polar surface area (TPSA) is 128 Å². The van der Waals surface area contributed by atoms with Crippen LogP contribution in [0.5, 0.6) is 0 Å².